The van der Waals surface area contributed by atoms with E-state index < -0.39 is 5.60 Å². The third-order valence-corrected chi connectivity index (χ3v) is 10.7. The molecule has 9 rings (SSSR count). The van der Waals surface area contributed by atoms with Crippen LogP contribution in [0.3, 0.4) is 0 Å². The second kappa shape index (κ2) is 5.29. The van der Waals surface area contributed by atoms with E-state index in [1.54, 1.807) is 0 Å². The third kappa shape index (κ3) is 1.99. The Morgan fingerprint density at radius 3 is 1.39 bits per heavy atom. The Balaban J connectivity index is 1.42. The smallest absolute Gasteiger partial charge is 0.136 e. The first-order valence-electron chi connectivity index (χ1n) is 12.2. The Labute approximate surface area is 169 Å². The molecule has 0 unspecified atom stereocenters. The highest BCUT2D eigenvalue weighted by molar-refractivity contribution is 5.29. The molecule has 8 fully saturated rings. The first-order chi connectivity index (χ1) is 13.5. The lowest BCUT2D eigenvalue weighted by molar-refractivity contribution is -0.284. The van der Waals surface area contributed by atoms with Gasteiger partial charge in [-0.15, -0.1) is 0 Å². The van der Waals surface area contributed by atoms with Crippen LogP contribution in [0.25, 0.3) is 0 Å². The molecule has 152 valence electrons. The van der Waals surface area contributed by atoms with E-state index in [-0.39, 0.29) is 10.8 Å². The maximum atomic E-state index is 13.1. The Morgan fingerprint density at radius 2 is 1.11 bits per heavy atom. The van der Waals surface area contributed by atoms with Crippen LogP contribution in [0.1, 0.15) is 88.4 Å². The van der Waals surface area contributed by atoms with Crippen LogP contribution in [0.4, 0.5) is 0 Å². The van der Waals surface area contributed by atoms with Crippen LogP contribution in [0.15, 0.2) is 16.7 Å². The molecule has 2 nitrogen and oxygen atoms in total. The van der Waals surface area contributed by atoms with Crippen LogP contribution < -0.4 is 0 Å². The predicted molar refractivity (Wildman–Crippen MR) is 109 cm³/mol. The zero-order valence-corrected chi connectivity index (χ0v) is 17.5. The summed E-state index contributed by atoms with van der Waals surface area (Å²) < 4.78 is 6.26. The van der Waals surface area contributed by atoms with Crippen molar-refractivity contribution in [3.8, 4) is 0 Å². The number of aliphatic hydroxyl groups is 1. The largest absolute Gasteiger partial charge is 0.466 e. The van der Waals surface area contributed by atoms with Gasteiger partial charge >= 0.3 is 0 Å². The molecule has 1 aromatic rings. The Kier molecular flexibility index (Phi) is 3.20. The molecule has 2 heteroatoms. The van der Waals surface area contributed by atoms with Crippen molar-refractivity contribution in [1.82, 2.24) is 0 Å². The second-order valence-corrected chi connectivity index (χ2v) is 12.6. The Hall–Kier alpha value is -0.760. The van der Waals surface area contributed by atoms with Gasteiger partial charge < -0.3 is 9.52 Å². The number of hydrogen-bond acceptors (Lipinski definition) is 2. The van der Waals surface area contributed by atoms with Crippen molar-refractivity contribution in [1.29, 1.82) is 0 Å². The molecule has 0 aromatic carbocycles. The van der Waals surface area contributed by atoms with Gasteiger partial charge in [0.25, 0.3) is 0 Å². The van der Waals surface area contributed by atoms with E-state index >= 15 is 0 Å². The lowest BCUT2D eigenvalue weighted by Gasteiger charge is -2.70. The molecule has 0 spiro atoms. The first kappa shape index (κ1) is 17.0. The molecule has 28 heavy (non-hydrogen) atoms. The summed E-state index contributed by atoms with van der Waals surface area (Å²) in [4.78, 5) is 0. The molecule has 0 aliphatic heterocycles. The van der Waals surface area contributed by atoms with Crippen molar-refractivity contribution in [3.63, 3.8) is 0 Å². The maximum Gasteiger partial charge on any atom is 0.136 e. The Morgan fingerprint density at radius 1 is 0.750 bits per heavy atom. The van der Waals surface area contributed by atoms with Crippen LogP contribution in [-0.4, -0.2) is 5.11 Å². The molecule has 8 aliphatic rings. The van der Waals surface area contributed by atoms with Gasteiger partial charge in [-0.3, -0.25) is 0 Å². The predicted octanol–water partition coefficient (Wildman–Crippen LogP) is 6.21. The second-order valence-electron chi connectivity index (χ2n) is 12.6. The van der Waals surface area contributed by atoms with Gasteiger partial charge in [0, 0.05) is 10.8 Å². The minimum atomic E-state index is -0.736. The van der Waals surface area contributed by atoms with Gasteiger partial charge in [-0.05, 0) is 131 Å². The monoisotopic (exact) mass is 380 g/mol. The summed E-state index contributed by atoms with van der Waals surface area (Å²) in [6, 6.07) is 2.22. The molecule has 0 amide bonds. The fourth-order valence-corrected chi connectivity index (χ4v) is 10.8. The topological polar surface area (TPSA) is 33.4 Å². The summed E-state index contributed by atoms with van der Waals surface area (Å²) in [5.74, 6) is 6.13. The summed E-state index contributed by atoms with van der Waals surface area (Å²) >= 11 is 0. The van der Waals surface area contributed by atoms with Crippen LogP contribution in [0, 0.1) is 53.3 Å². The highest BCUT2D eigenvalue weighted by Gasteiger charge is 2.71. The minimum absolute atomic E-state index is 0.0811. The summed E-state index contributed by atoms with van der Waals surface area (Å²) in [6.45, 7) is 2.13. The van der Waals surface area contributed by atoms with Crippen molar-refractivity contribution >= 4 is 0 Å². The van der Waals surface area contributed by atoms with Crippen LogP contribution in [0.5, 0.6) is 0 Å². The van der Waals surface area contributed by atoms with E-state index in [0.717, 1.165) is 41.3 Å². The zero-order valence-electron chi connectivity index (χ0n) is 17.5. The van der Waals surface area contributed by atoms with Crippen molar-refractivity contribution in [2.24, 2.45) is 46.3 Å². The number of hydrogen-bond donors (Lipinski definition) is 1. The number of furan rings is 1. The molecule has 1 N–H and O–H groups in total. The van der Waals surface area contributed by atoms with E-state index in [0.29, 0.717) is 0 Å². The molecule has 8 saturated carbocycles. The van der Waals surface area contributed by atoms with E-state index in [1.807, 2.05) is 6.26 Å². The number of rotatable bonds is 3. The van der Waals surface area contributed by atoms with Crippen molar-refractivity contribution < 1.29 is 9.52 Å². The van der Waals surface area contributed by atoms with Crippen LogP contribution >= 0.6 is 0 Å². The maximum absolute atomic E-state index is 13.1. The summed E-state index contributed by atoms with van der Waals surface area (Å²) in [5.41, 5.74) is 0.610. The molecule has 0 radical (unpaired) electrons. The molecule has 0 atom stereocenters. The van der Waals surface area contributed by atoms with Crippen LogP contribution in [-0.2, 0) is 5.60 Å². The normalized spacial score (nSPS) is 52.9. The lowest BCUT2D eigenvalue weighted by atomic mass is 9.36. The van der Waals surface area contributed by atoms with Gasteiger partial charge in [-0.25, -0.2) is 0 Å². The average Bonchev–Trinajstić information content (AvgIpc) is 3.05. The summed E-state index contributed by atoms with van der Waals surface area (Å²) in [5, 5.41) is 13.1. The third-order valence-electron chi connectivity index (χ3n) is 10.7. The van der Waals surface area contributed by atoms with Gasteiger partial charge in [0.2, 0.25) is 0 Å². The molecular formula is C26H36O2. The average molecular weight is 381 g/mol. The standard InChI is InChI=1S/C26H36O2/c1-16-2-23(28-15-16)26(27,24-9-17-3-18(10-24)5-19(4-17)11-24)25-12-20-6-21(13-25)8-22(7-20)14-25/h2,15,17-22,27H,3-14H2,1H3. The van der Waals surface area contributed by atoms with E-state index in [1.165, 1.54) is 82.6 Å². The zero-order chi connectivity index (χ0) is 18.7. The molecular weight excluding hydrogens is 344 g/mol. The van der Waals surface area contributed by atoms with Crippen molar-refractivity contribution in [2.75, 3.05) is 0 Å². The van der Waals surface area contributed by atoms with Gasteiger partial charge in [0.15, 0.2) is 0 Å². The van der Waals surface area contributed by atoms with Gasteiger partial charge in [-0.2, -0.15) is 0 Å². The summed E-state index contributed by atoms with van der Waals surface area (Å²) in [6.07, 6.45) is 18.1. The first-order valence-corrected chi connectivity index (χ1v) is 12.2. The minimum Gasteiger partial charge on any atom is -0.466 e. The van der Waals surface area contributed by atoms with Gasteiger partial charge in [-0.1, -0.05) is 0 Å². The van der Waals surface area contributed by atoms with E-state index in [4.69, 9.17) is 4.42 Å². The molecule has 1 heterocycles. The van der Waals surface area contributed by atoms with Gasteiger partial charge in [0.05, 0.1) is 6.26 Å². The highest BCUT2D eigenvalue weighted by atomic mass is 16.4. The summed E-state index contributed by atoms with van der Waals surface area (Å²) in [7, 11) is 0. The van der Waals surface area contributed by atoms with Crippen molar-refractivity contribution in [2.45, 2.75) is 89.6 Å². The van der Waals surface area contributed by atoms with E-state index in [9.17, 15) is 5.11 Å². The molecule has 8 aliphatic carbocycles. The highest BCUT2D eigenvalue weighted by Crippen LogP contribution is 2.75. The molecule has 0 saturated heterocycles. The van der Waals surface area contributed by atoms with Gasteiger partial charge in [0.1, 0.15) is 11.4 Å². The Bertz CT molecular complexity index is 687. The lowest BCUT2D eigenvalue weighted by Crippen LogP contribution is -2.66. The quantitative estimate of drug-likeness (QED) is 0.676. The van der Waals surface area contributed by atoms with Crippen molar-refractivity contribution in [3.05, 3.63) is 23.7 Å². The van der Waals surface area contributed by atoms with E-state index in [2.05, 4.69) is 13.0 Å². The van der Waals surface area contributed by atoms with Crippen LogP contribution in [0.2, 0.25) is 0 Å². The molecule has 8 bridgehead atoms. The fourth-order valence-electron chi connectivity index (χ4n) is 10.8. The molecule has 1 aromatic heterocycles. The number of aryl methyl sites for hydroxylation is 1. The SMILES string of the molecule is Cc1coc(C(O)(C23CC4CC(CC(C4)C2)C3)C23CC4CC(CC(C4)C2)C3)c1. The fraction of sp³-hybridized carbons (Fsp3) is 0.846.